The molecule has 1 aromatic carbocycles. The number of benzene rings is 1. The highest BCUT2D eigenvalue weighted by molar-refractivity contribution is 6.39. The van der Waals surface area contributed by atoms with E-state index in [0.717, 1.165) is 24.3 Å². The molecule has 23 heavy (non-hydrogen) atoms. The first kappa shape index (κ1) is 19.0. The fourth-order valence-corrected chi connectivity index (χ4v) is 2.16. The minimum atomic E-state index is -0.837. The Labute approximate surface area is 137 Å². The van der Waals surface area contributed by atoms with Crippen LogP contribution in [0.2, 0.25) is 0 Å². The van der Waals surface area contributed by atoms with Crippen molar-refractivity contribution in [3.8, 4) is 0 Å². The van der Waals surface area contributed by atoms with Crippen molar-refractivity contribution < 1.29 is 14.7 Å². The molecule has 0 fully saturated rings. The molecule has 1 rings (SSSR count). The van der Waals surface area contributed by atoms with Crippen LogP contribution in [0.3, 0.4) is 0 Å². The Morgan fingerprint density at radius 3 is 2.26 bits per heavy atom. The van der Waals surface area contributed by atoms with Crippen LogP contribution in [0.25, 0.3) is 0 Å². The average Bonchev–Trinajstić information content (AvgIpc) is 2.50. The molecular weight excluding hydrogens is 294 g/mol. The predicted octanol–water partition coefficient (Wildman–Crippen LogP) is 1.67. The van der Waals surface area contributed by atoms with Gasteiger partial charge in [0.1, 0.15) is 0 Å². The number of nitrogens with zero attached hydrogens (tertiary/aromatic N) is 1. The molecule has 0 aliphatic carbocycles. The summed E-state index contributed by atoms with van der Waals surface area (Å²) in [6.45, 7) is 10.9. The summed E-state index contributed by atoms with van der Waals surface area (Å²) in [6, 6.07) is 5.70. The van der Waals surface area contributed by atoms with E-state index in [9.17, 15) is 9.59 Å². The van der Waals surface area contributed by atoms with Gasteiger partial charge >= 0.3 is 11.8 Å². The normalized spacial score (nSPS) is 11.0. The van der Waals surface area contributed by atoms with Crippen LogP contribution in [0.15, 0.2) is 18.2 Å². The van der Waals surface area contributed by atoms with E-state index < -0.39 is 17.4 Å². The van der Waals surface area contributed by atoms with Crippen molar-refractivity contribution >= 4 is 23.2 Å². The van der Waals surface area contributed by atoms with Gasteiger partial charge in [-0.25, -0.2) is 0 Å². The molecule has 128 valence electrons. The van der Waals surface area contributed by atoms with Crippen molar-refractivity contribution in [2.45, 2.75) is 40.2 Å². The third kappa shape index (κ3) is 5.25. The highest BCUT2D eigenvalue weighted by Crippen LogP contribution is 2.22. The second-order valence-electron chi connectivity index (χ2n) is 6.12. The molecule has 0 bridgehead atoms. The van der Waals surface area contributed by atoms with E-state index in [1.807, 2.05) is 19.1 Å². The van der Waals surface area contributed by atoms with Gasteiger partial charge in [-0.05, 0) is 58.4 Å². The molecule has 0 spiro atoms. The van der Waals surface area contributed by atoms with E-state index in [0.29, 0.717) is 5.69 Å². The fourth-order valence-electron chi connectivity index (χ4n) is 2.16. The number of aryl methyl sites for hydroxylation is 1. The molecule has 0 radical (unpaired) electrons. The summed E-state index contributed by atoms with van der Waals surface area (Å²) in [5.74, 6) is -1.51. The Morgan fingerprint density at radius 2 is 1.78 bits per heavy atom. The first-order chi connectivity index (χ1) is 10.7. The Kier molecular flexibility index (Phi) is 6.57. The maximum absolute atomic E-state index is 12.0. The number of aliphatic hydroxyl groups is 1. The molecule has 0 saturated heterocycles. The molecule has 0 aliphatic rings. The van der Waals surface area contributed by atoms with Crippen LogP contribution in [-0.4, -0.2) is 42.2 Å². The summed E-state index contributed by atoms with van der Waals surface area (Å²) in [5, 5.41) is 14.2. The Bertz CT molecular complexity index is 566. The lowest BCUT2D eigenvalue weighted by Crippen LogP contribution is -2.50. The van der Waals surface area contributed by atoms with E-state index in [2.05, 4.69) is 29.4 Å². The average molecular weight is 321 g/mol. The van der Waals surface area contributed by atoms with Gasteiger partial charge in [0.05, 0.1) is 12.1 Å². The maximum Gasteiger partial charge on any atom is 0.313 e. The van der Waals surface area contributed by atoms with Gasteiger partial charge in [0.15, 0.2) is 0 Å². The van der Waals surface area contributed by atoms with Crippen molar-refractivity contribution in [3.05, 3.63) is 23.8 Å². The summed E-state index contributed by atoms with van der Waals surface area (Å²) in [5.41, 5.74) is 1.73. The van der Waals surface area contributed by atoms with Crippen LogP contribution in [0, 0.1) is 6.92 Å². The number of rotatable bonds is 6. The number of carbonyl (C=O) groups is 2. The zero-order chi connectivity index (χ0) is 17.6. The highest BCUT2D eigenvalue weighted by Gasteiger charge is 2.24. The van der Waals surface area contributed by atoms with Crippen LogP contribution in [0.5, 0.6) is 0 Å². The third-order valence-corrected chi connectivity index (χ3v) is 3.64. The van der Waals surface area contributed by atoms with E-state index in [1.54, 1.807) is 19.9 Å². The molecule has 0 heterocycles. The van der Waals surface area contributed by atoms with Crippen LogP contribution in [0.4, 0.5) is 11.4 Å². The van der Waals surface area contributed by atoms with Gasteiger partial charge in [-0.2, -0.15) is 0 Å². The number of carbonyl (C=O) groups excluding carboxylic acids is 2. The minimum absolute atomic E-state index is 0.246. The van der Waals surface area contributed by atoms with Gasteiger partial charge in [-0.1, -0.05) is 0 Å². The summed E-state index contributed by atoms with van der Waals surface area (Å²) in [6.07, 6.45) is 0. The molecule has 0 saturated carbocycles. The van der Waals surface area contributed by atoms with Crippen LogP contribution < -0.4 is 15.5 Å². The largest absolute Gasteiger partial charge is 0.394 e. The third-order valence-electron chi connectivity index (χ3n) is 3.64. The Balaban J connectivity index is 2.81. The summed E-state index contributed by atoms with van der Waals surface area (Å²) in [4.78, 5) is 26.0. The molecule has 0 aromatic heterocycles. The quantitative estimate of drug-likeness (QED) is 0.696. The zero-order valence-corrected chi connectivity index (χ0v) is 14.6. The summed E-state index contributed by atoms with van der Waals surface area (Å²) in [7, 11) is 0. The predicted molar refractivity (Wildman–Crippen MR) is 92.7 cm³/mol. The number of amides is 2. The van der Waals surface area contributed by atoms with Gasteiger partial charge in [0.2, 0.25) is 0 Å². The summed E-state index contributed by atoms with van der Waals surface area (Å²) >= 11 is 0. The lowest BCUT2D eigenvalue weighted by molar-refractivity contribution is -0.137. The first-order valence-electron chi connectivity index (χ1n) is 7.84. The molecular formula is C17H27N3O3. The number of nitrogens with one attached hydrogen (secondary N) is 2. The monoisotopic (exact) mass is 321 g/mol. The van der Waals surface area contributed by atoms with Crippen LogP contribution >= 0.6 is 0 Å². The number of anilines is 2. The highest BCUT2D eigenvalue weighted by atomic mass is 16.3. The van der Waals surface area contributed by atoms with Crippen molar-refractivity contribution in [3.63, 3.8) is 0 Å². The van der Waals surface area contributed by atoms with Crippen molar-refractivity contribution in [1.29, 1.82) is 0 Å². The van der Waals surface area contributed by atoms with Gasteiger partial charge in [-0.3, -0.25) is 9.59 Å². The lowest BCUT2D eigenvalue weighted by atomic mass is 10.1. The van der Waals surface area contributed by atoms with Crippen molar-refractivity contribution in [2.75, 3.05) is 29.9 Å². The fraction of sp³-hybridized carbons (Fsp3) is 0.529. The molecule has 3 N–H and O–H groups in total. The molecule has 0 atom stereocenters. The standard InChI is InChI=1S/C17H27N3O3/c1-6-20(7-2)13-8-9-14(12(3)10-13)18-15(22)16(23)19-17(4,5)11-21/h8-10,21H,6-7,11H2,1-5H3,(H,18,22)(H,19,23). The second kappa shape index (κ2) is 7.97. The maximum atomic E-state index is 12.0. The van der Waals surface area contributed by atoms with Crippen LogP contribution in [-0.2, 0) is 9.59 Å². The van der Waals surface area contributed by atoms with Crippen molar-refractivity contribution in [2.24, 2.45) is 0 Å². The van der Waals surface area contributed by atoms with E-state index >= 15 is 0 Å². The first-order valence-corrected chi connectivity index (χ1v) is 7.84. The topological polar surface area (TPSA) is 81.7 Å². The van der Waals surface area contributed by atoms with Crippen LogP contribution in [0.1, 0.15) is 33.3 Å². The van der Waals surface area contributed by atoms with Gasteiger partial charge in [0.25, 0.3) is 0 Å². The molecule has 0 unspecified atom stereocenters. The second-order valence-corrected chi connectivity index (χ2v) is 6.12. The number of hydrogen-bond acceptors (Lipinski definition) is 4. The zero-order valence-electron chi connectivity index (χ0n) is 14.6. The smallest absolute Gasteiger partial charge is 0.313 e. The van der Waals surface area contributed by atoms with E-state index in [4.69, 9.17) is 5.11 Å². The molecule has 2 amide bonds. The minimum Gasteiger partial charge on any atom is -0.394 e. The Hall–Kier alpha value is -2.08. The van der Waals surface area contributed by atoms with Gasteiger partial charge in [0, 0.05) is 24.5 Å². The Morgan fingerprint density at radius 1 is 1.17 bits per heavy atom. The van der Waals surface area contributed by atoms with Gasteiger partial charge in [-0.15, -0.1) is 0 Å². The summed E-state index contributed by atoms with van der Waals surface area (Å²) < 4.78 is 0. The van der Waals surface area contributed by atoms with Gasteiger partial charge < -0.3 is 20.6 Å². The van der Waals surface area contributed by atoms with E-state index in [-0.39, 0.29) is 6.61 Å². The molecule has 0 aliphatic heterocycles. The van der Waals surface area contributed by atoms with Crippen molar-refractivity contribution in [1.82, 2.24) is 5.32 Å². The molecule has 6 nitrogen and oxygen atoms in total. The SMILES string of the molecule is CCN(CC)c1ccc(NC(=O)C(=O)NC(C)(C)CO)c(C)c1. The molecule has 6 heteroatoms. The number of aliphatic hydroxyl groups excluding tert-OH is 1. The van der Waals surface area contributed by atoms with E-state index in [1.165, 1.54) is 0 Å². The lowest BCUT2D eigenvalue weighted by Gasteiger charge is -2.23. The molecule has 1 aromatic rings. The number of hydrogen-bond donors (Lipinski definition) is 3.